The summed E-state index contributed by atoms with van der Waals surface area (Å²) < 4.78 is 2.88. The summed E-state index contributed by atoms with van der Waals surface area (Å²) >= 11 is 3.41. The average molecular weight is 226 g/mol. The first kappa shape index (κ1) is 7.61. The maximum absolute atomic E-state index is 5.68. The molecule has 2 N–H and O–H groups in total. The van der Waals surface area contributed by atoms with Gasteiger partial charge in [0.2, 0.25) is 0 Å². The number of nitrogen functional groups attached to an aromatic ring is 1. The van der Waals surface area contributed by atoms with Crippen LogP contribution in [0.3, 0.4) is 0 Å². The third kappa shape index (κ3) is 0.992. The number of hydrogen-bond donors (Lipinski definition) is 1. The molecule has 2 aromatic rings. The van der Waals surface area contributed by atoms with Crippen molar-refractivity contribution in [1.29, 1.82) is 0 Å². The molecule has 3 nitrogen and oxygen atoms in total. The molecule has 0 saturated carbocycles. The minimum absolute atomic E-state index is 0.748. The Balaban J connectivity index is 2.92. The van der Waals surface area contributed by atoms with Crippen LogP contribution in [0.25, 0.3) is 11.0 Å². The van der Waals surface area contributed by atoms with Crippen LogP contribution in [0.5, 0.6) is 0 Å². The summed E-state index contributed by atoms with van der Waals surface area (Å²) in [7, 11) is 1.95. The summed E-state index contributed by atoms with van der Waals surface area (Å²) in [6, 6.07) is 3.77. The lowest BCUT2D eigenvalue weighted by Gasteiger charge is -1.98. The first-order valence-electron chi connectivity index (χ1n) is 3.54. The topological polar surface area (TPSA) is 43.8 Å². The second kappa shape index (κ2) is 2.48. The van der Waals surface area contributed by atoms with E-state index >= 15 is 0 Å². The largest absolute Gasteiger partial charge is 0.399 e. The van der Waals surface area contributed by atoms with Gasteiger partial charge in [0, 0.05) is 17.2 Å². The number of fused-ring (bicyclic) bond motifs is 1. The molecular formula is C8H8BrN3. The fourth-order valence-electron chi connectivity index (χ4n) is 1.21. The summed E-state index contributed by atoms with van der Waals surface area (Å²) in [6.07, 6.45) is 1.77. The highest BCUT2D eigenvalue weighted by Gasteiger charge is 2.03. The Labute approximate surface area is 78.3 Å². The van der Waals surface area contributed by atoms with Crippen LogP contribution < -0.4 is 5.73 Å². The molecule has 0 saturated heterocycles. The lowest BCUT2D eigenvalue weighted by atomic mass is 10.3. The van der Waals surface area contributed by atoms with E-state index in [4.69, 9.17) is 5.73 Å². The zero-order chi connectivity index (χ0) is 8.72. The van der Waals surface area contributed by atoms with Gasteiger partial charge in [-0.05, 0) is 28.1 Å². The van der Waals surface area contributed by atoms with Crippen LogP contribution in [-0.2, 0) is 7.05 Å². The second-order valence-corrected chi connectivity index (χ2v) is 3.58. The smallest absolute Gasteiger partial charge is 0.103 e. The first-order chi connectivity index (χ1) is 5.68. The zero-order valence-electron chi connectivity index (χ0n) is 6.58. The van der Waals surface area contributed by atoms with E-state index < -0.39 is 0 Å². The fourth-order valence-corrected chi connectivity index (χ4v) is 1.78. The normalized spacial score (nSPS) is 10.8. The number of nitrogens with two attached hydrogens (primary N) is 1. The van der Waals surface area contributed by atoms with Crippen molar-refractivity contribution < 1.29 is 0 Å². The Kier molecular flexibility index (Phi) is 1.58. The number of aryl methyl sites for hydroxylation is 1. The van der Waals surface area contributed by atoms with Crippen LogP contribution in [0, 0.1) is 0 Å². The van der Waals surface area contributed by atoms with Crippen molar-refractivity contribution >= 4 is 32.7 Å². The van der Waals surface area contributed by atoms with Gasteiger partial charge >= 0.3 is 0 Å². The van der Waals surface area contributed by atoms with E-state index in [1.165, 1.54) is 0 Å². The van der Waals surface area contributed by atoms with Crippen LogP contribution in [0.2, 0.25) is 0 Å². The minimum atomic E-state index is 0.748. The molecule has 0 aliphatic heterocycles. The number of anilines is 1. The number of hydrogen-bond acceptors (Lipinski definition) is 2. The molecule has 0 fully saturated rings. The van der Waals surface area contributed by atoms with E-state index in [9.17, 15) is 0 Å². The summed E-state index contributed by atoms with van der Waals surface area (Å²) in [6.45, 7) is 0. The molecule has 2 rings (SSSR count). The van der Waals surface area contributed by atoms with Crippen LogP contribution in [0.4, 0.5) is 5.69 Å². The van der Waals surface area contributed by atoms with Crippen molar-refractivity contribution in [1.82, 2.24) is 9.55 Å². The molecular weight excluding hydrogens is 218 g/mol. The quantitative estimate of drug-likeness (QED) is 0.697. The standard InChI is InChI=1S/C8H8BrN3/c1-12-4-11-8-6(9)2-5(10)3-7(8)12/h2-4H,10H2,1H3. The van der Waals surface area contributed by atoms with E-state index in [2.05, 4.69) is 20.9 Å². The van der Waals surface area contributed by atoms with E-state index in [1.807, 2.05) is 23.7 Å². The molecule has 0 amide bonds. The Morgan fingerprint density at radius 2 is 2.25 bits per heavy atom. The predicted molar refractivity (Wildman–Crippen MR) is 52.8 cm³/mol. The van der Waals surface area contributed by atoms with Crippen molar-refractivity contribution in [3.05, 3.63) is 22.9 Å². The highest BCUT2D eigenvalue weighted by atomic mass is 79.9. The van der Waals surface area contributed by atoms with Gasteiger partial charge in [0.1, 0.15) is 5.52 Å². The highest BCUT2D eigenvalue weighted by Crippen LogP contribution is 2.24. The molecule has 0 aliphatic rings. The van der Waals surface area contributed by atoms with Gasteiger partial charge in [0.15, 0.2) is 0 Å². The fraction of sp³-hybridized carbons (Fsp3) is 0.125. The zero-order valence-corrected chi connectivity index (χ0v) is 8.17. The van der Waals surface area contributed by atoms with Crippen molar-refractivity contribution in [2.24, 2.45) is 7.05 Å². The van der Waals surface area contributed by atoms with Gasteiger partial charge in [-0.2, -0.15) is 0 Å². The molecule has 1 aromatic carbocycles. The van der Waals surface area contributed by atoms with Crippen molar-refractivity contribution in [3.63, 3.8) is 0 Å². The summed E-state index contributed by atoms with van der Waals surface area (Å²) in [4.78, 5) is 4.22. The molecule has 4 heteroatoms. The second-order valence-electron chi connectivity index (χ2n) is 2.73. The summed E-state index contributed by atoms with van der Waals surface area (Å²) in [5.74, 6) is 0. The van der Waals surface area contributed by atoms with Crippen LogP contribution in [0.15, 0.2) is 22.9 Å². The molecule has 0 aliphatic carbocycles. The Morgan fingerprint density at radius 1 is 1.50 bits per heavy atom. The van der Waals surface area contributed by atoms with Crippen molar-refractivity contribution in [3.8, 4) is 0 Å². The minimum Gasteiger partial charge on any atom is -0.399 e. The van der Waals surface area contributed by atoms with Gasteiger partial charge in [-0.15, -0.1) is 0 Å². The number of rotatable bonds is 0. The summed E-state index contributed by atoms with van der Waals surface area (Å²) in [5, 5.41) is 0. The Hall–Kier alpha value is -1.03. The number of imidazole rings is 1. The molecule has 0 radical (unpaired) electrons. The van der Waals surface area contributed by atoms with Gasteiger partial charge in [-0.25, -0.2) is 4.98 Å². The SMILES string of the molecule is Cn1cnc2c(Br)cc(N)cc21. The van der Waals surface area contributed by atoms with E-state index in [1.54, 1.807) is 6.33 Å². The van der Waals surface area contributed by atoms with Crippen molar-refractivity contribution in [2.45, 2.75) is 0 Å². The lowest BCUT2D eigenvalue weighted by Crippen LogP contribution is -1.88. The van der Waals surface area contributed by atoms with Crippen LogP contribution in [-0.4, -0.2) is 9.55 Å². The monoisotopic (exact) mass is 225 g/mol. The molecule has 0 atom stereocenters. The van der Waals surface area contributed by atoms with Crippen LogP contribution in [0.1, 0.15) is 0 Å². The maximum atomic E-state index is 5.68. The number of aromatic nitrogens is 2. The third-order valence-corrected chi connectivity index (χ3v) is 2.41. The van der Waals surface area contributed by atoms with Gasteiger partial charge < -0.3 is 10.3 Å². The molecule has 0 bridgehead atoms. The maximum Gasteiger partial charge on any atom is 0.103 e. The number of benzene rings is 1. The Bertz CT molecular complexity index is 433. The first-order valence-corrected chi connectivity index (χ1v) is 4.34. The van der Waals surface area contributed by atoms with E-state index in [0.29, 0.717) is 0 Å². The molecule has 0 unspecified atom stereocenters. The van der Waals surface area contributed by atoms with E-state index in [0.717, 1.165) is 21.2 Å². The van der Waals surface area contributed by atoms with E-state index in [-0.39, 0.29) is 0 Å². The molecule has 62 valence electrons. The average Bonchev–Trinajstić information content (AvgIpc) is 2.33. The third-order valence-electron chi connectivity index (χ3n) is 1.81. The van der Waals surface area contributed by atoms with Crippen molar-refractivity contribution in [2.75, 3.05) is 5.73 Å². The van der Waals surface area contributed by atoms with Gasteiger partial charge in [-0.1, -0.05) is 0 Å². The lowest BCUT2D eigenvalue weighted by molar-refractivity contribution is 0.948. The van der Waals surface area contributed by atoms with Gasteiger partial charge in [0.05, 0.1) is 11.8 Å². The molecule has 0 spiro atoms. The number of nitrogens with zero attached hydrogens (tertiary/aromatic N) is 2. The summed E-state index contributed by atoms with van der Waals surface area (Å²) in [5.41, 5.74) is 8.42. The van der Waals surface area contributed by atoms with Gasteiger partial charge in [0.25, 0.3) is 0 Å². The number of halogens is 1. The van der Waals surface area contributed by atoms with Crippen LogP contribution >= 0.6 is 15.9 Å². The molecule has 12 heavy (non-hydrogen) atoms. The predicted octanol–water partition coefficient (Wildman–Crippen LogP) is 1.92. The molecule has 1 aromatic heterocycles. The molecule has 1 heterocycles. The van der Waals surface area contributed by atoms with Gasteiger partial charge in [-0.3, -0.25) is 0 Å². The Morgan fingerprint density at radius 3 is 3.00 bits per heavy atom. The highest BCUT2D eigenvalue weighted by molar-refractivity contribution is 9.10.